The molecule has 2 aromatic rings. The van der Waals surface area contributed by atoms with Crippen molar-refractivity contribution in [2.75, 3.05) is 5.73 Å². The fourth-order valence-electron chi connectivity index (χ4n) is 1.75. The van der Waals surface area contributed by atoms with E-state index >= 15 is 0 Å². The fraction of sp³-hybridized carbons (Fsp3) is 0.286. The maximum absolute atomic E-state index is 6.13. The molecular weight excluding hydrogens is 246 g/mol. The lowest BCUT2D eigenvalue weighted by molar-refractivity contribution is 0.839. The minimum Gasteiger partial charge on any atom is -0.384 e. The molecule has 0 spiro atoms. The molecule has 0 fully saturated rings. The average molecular weight is 262 g/mol. The lowest BCUT2D eigenvalue weighted by Gasteiger charge is -2.07. The van der Waals surface area contributed by atoms with Crippen LogP contribution in [0.25, 0.3) is 11.3 Å². The van der Waals surface area contributed by atoms with Crippen LogP contribution in [0.2, 0.25) is 5.02 Å². The van der Waals surface area contributed by atoms with Gasteiger partial charge in [-0.3, -0.25) is 0 Å². The smallest absolute Gasteiger partial charge is 0.131 e. The van der Waals surface area contributed by atoms with Gasteiger partial charge in [0, 0.05) is 23.1 Å². The summed E-state index contributed by atoms with van der Waals surface area (Å²) in [6.45, 7) is 4.07. The maximum atomic E-state index is 6.13. The maximum Gasteiger partial charge on any atom is 0.131 e. The van der Waals surface area contributed by atoms with Gasteiger partial charge in [-0.15, -0.1) is 0 Å². The highest BCUT2D eigenvalue weighted by atomic mass is 35.5. The van der Waals surface area contributed by atoms with Crippen molar-refractivity contribution >= 4 is 17.4 Å². The average Bonchev–Trinajstić information content (AvgIpc) is 2.32. The third-order valence-corrected chi connectivity index (χ3v) is 3.14. The van der Waals surface area contributed by atoms with E-state index in [0.717, 1.165) is 40.5 Å². The Bertz CT molecular complexity index is 567. The number of hydrogen-bond donors (Lipinski definition) is 1. The van der Waals surface area contributed by atoms with Gasteiger partial charge in [0.1, 0.15) is 11.6 Å². The van der Waals surface area contributed by atoms with E-state index in [4.69, 9.17) is 17.3 Å². The van der Waals surface area contributed by atoms with Gasteiger partial charge >= 0.3 is 0 Å². The van der Waals surface area contributed by atoms with Crippen molar-refractivity contribution in [3.8, 4) is 11.3 Å². The quantitative estimate of drug-likeness (QED) is 0.918. The molecule has 3 nitrogen and oxygen atoms in total. The summed E-state index contributed by atoms with van der Waals surface area (Å²) in [5.41, 5.74) is 8.66. The number of hydrogen-bond acceptors (Lipinski definition) is 3. The van der Waals surface area contributed by atoms with E-state index < -0.39 is 0 Å². The largest absolute Gasteiger partial charge is 0.384 e. The molecule has 0 radical (unpaired) electrons. The van der Waals surface area contributed by atoms with Gasteiger partial charge in [-0.25, -0.2) is 9.97 Å². The lowest BCUT2D eigenvalue weighted by atomic mass is 10.1. The summed E-state index contributed by atoms with van der Waals surface area (Å²) in [4.78, 5) is 8.74. The molecule has 1 heterocycles. The van der Waals surface area contributed by atoms with Crippen LogP contribution in [0.4, 0.5) is 5.82 Å². The summed E-state index contributed by atoms with van der Waals surface area (Å²) >= 11 is 6.13. The third kappa shape index (κ3) is 2.79. The van der Waals surface area contributed by atoms with E-state index in [9.17, 15) is 0 Å². The van der Waals surface area contributed by atoms with Crippen molar-refractivity contribution in [3.63, 3.8) is 0 Å². The molecule has 2 N–H and O–H groups in total. The number of aromatic nitrogens is 2. The fourth-order valence-corrected chi connectivity index (χ4v) is 1.93. The van der Waals surface area contributed by atoms with Gasteiger partial charge in [-0.1, -0.05) is 30.7 Å². The first-order valence-corrected chi connectivity index (χ1v) is 6.38. The molecule has 18 heavy (non-hydrogen) atoms. The van der Waals surface area contributed by atoms with E-state index in [-0.39, 0.29) is 0 Å². The van der Waals surface area contributed by atoms with Crippen LogP contribution in [0.1, 0.15) is 24.7 Å². The minimum atomic E-state index is 0.500. The van der Waals surface area contributed by atoms with Crippen molar-refractivity contribution in [2.45, 2.75) is 26.7 Å². The molecule has 1 aromatic carbocycles. The summed E-state index contributed by atoms with van der Waals surface area (Å²) in [5.74, 6) is 1.28. The predicted octanol–water partition coefficient (Wildman–Crippen LogP) is 3.64. The van der Waals surface area contributed by atoms with Crippen LogP contribution in [0.5, 0.6) is 0 Å². The zero-order chi connectivity index (χ0) is 13.1. The molecule has 0 aliphatic heterocycles. The topological polar surface area (TPSA) is 51.8 Å². The van der Waals surface area contributed by atoms with Crippen LogP contribution in [0.15, 0.2) is 24.3 Å². The Balaban J connectivity index is 2.46. The SMILES string of the molecule is CCCc1nc(N)cc(-c2ccc(C)c(Cl)c2)n1. The van der Waals surface area contributed by atoms with Crippen LogP contribution in [-0.2, 0) is 6.42 Å². The van der Waals surface area contributed by atoms with Gasteiger partial charge in [0.25, 0.3) is 0 Å². The summed E-state index contributed by atoms with van der Waals surface area (Å²) in [6.07, 6.45) is 1.83. The van der Waals surface area contributed by atoms with Crippen molar-refractivity contribution < 1.29 is 0 Å². The van der Waals surface area contributed by atoms with Gasteiger partial charge in [-0.05, 0) is 25.0 Å². The second kappa shape index (κ2) is 5.36. The van der Waals surface area contributed by atoms with Crippen molar-refractivity contribution in [1.82, 2.24) is 9.97 Å². The van der Waals surface area contributed by atoms with E-state index in [2.05, 4.69) is 16.9 Å². The van der Waals surface area contributed by atoms with Crippen LogP contribution in [0.3, 0.4) is 0 Å². The zero-order valence-electron chi connectivity index (χ0n) is 10.6. The number of nitrogens with two attached hydrogens (primary N) is 1. The Morgan fingerprint density at radius 3 is 2.67 bits per heavy atom. The molecule has 0 aliphatic rings. The Morgan fingerprint density at radius 1 is 1.22 bits per heavy atom. The first kappa shape index (κ1) is 12.8. The normalized spacial score (nSPS) is 10.6. The molecule has 0 aliphatic carbocycles. The van der Waals surface area contributed by atoms with Gasteiger partial charge in [0.15, 0.2) is 0 Å². The molecule has 94 valence electrons. The van der Waals surface area contributed by atoms with E-state index in [1.165, 1.54) is 0 Å². The molecule has 4 heteroatoms. The highest BCUT2D eigenvalue weighted by Gasteiger charge is 2.06. The number of nitrogens with zero attached hydrogens (tertiary/aromatic N) is 2. The van der Waals surface area contributed by atoms with Gasteiger partial charge in [0.2, 0.25) is 0 Å². The molecule has 1 aromatic heterocycles. The Morgan fingerprint density at radius 2 is 2.00 bits per heavy atom. The molecule has 0 amide bonds. The Kier molecular flexibility index (Phi) is 3.82. The van der Waals surface area contributed by atoms with Crippen molar-refractivity contribution in [1.29, 1.82) is 0 Å². The number of halogens is 1. The third-order valence-electron chi connectivity index (χ3n) is 2.73. The molecule has 2 rings (SSSR count). The number of anilines is 1. The van der Waals surface area contributed by atoms with Crippen LogP contribution in [-0.4, -0.2) is 9.97 Å². The molecular formula is C14H16ClN3. The molecule has 0 bridgehead atoms. The monoisotopic (exact) mass is 261 g/mol. The van der Waals surface area contributed by atoms with Crippen LogP contribution >= 0.6 is 11.6 Å². The Hall–Kier alpha value is -1.61. The van der Waals surface area contributed by atoms with Gasteiger partial charge in [-0.2, -0.15) is 0 Å². The highest BCUT2D eigenvalue weighted by Crippen LogP contribution is 2.25. The number of benzene rings is 1. The summed E-state index contributed by atoms with van der Waals surface area (Å²) < 4.78 is 0. The Labute approximate surface area is 112 Å². The van der Waals surface area contributed by atoms with Gasteiger partial charge in [0.05, 0.1) is 5.69 Å². The van der Waals surface area contributed by atoms with Crippen LogP contribution < -0.4 is 5.73 Å². The molecule has 0 atom stereocenters. The standard InChI is InChI=1S/C14H16ClN3/c1-3-4-14-17-12(8-13(16)18-14)10-6-5-9(2)11(15)7-10/h5-8H,3-4H2,1-2H3,(H2,16,17,18). The van der Waals surface area contributed by atoms with Crippen LogP contribution in [0, 0.1) is 6.92 Å². The summed E-state index contributed by atoms with van der Waals surface area (Å²) in [5, 5.41) is 0.738. The number of aryl methyl sites for hydroxylation is 2. The minimum absolute atomic E-state index is 0.500. The van der Waals surface area contributed by atoms with E-state index in [1.807, 2.05) is 25.1 Å². The molecule has 0 saturated carbocycles. The van der Waals surface area contributed by atoms with Crippen molar-refractivity contribution in [2.24, 2.45) is 0 Å². The molecule has 0 saturated heterocycles. The van der Waals surface area contributed by atoms with E-state index in [1.54, 1.807) is 6.07 Å². The zero-order valence-corrected chi connectivity index (χ0v) is 11.3. The first-order chi connectivity index (χ1) is 8.60. The summed E-state index contributed by atoms with van der Waals surface area (Å²) in [6, 6.07) is 7.67. The summed E-state index contributed by atoms with van der Waals surface area (Å²) in [7, 11) is 0. The van der Waals surface area contributed by atoms with Gasteiger partial charge < -0.3 is 5.73 Å². The predicted molar refractivity (Wildman–Crippen MR) is 75.6 cm³/mol. The lowest BCUT2D eigenvalue weighted by Crippen LogP contribution is -2.01. The van der Waals surface area contributed by atoms with Crippen molar-refractivity contribution in [3.05, 3.63) is 40.7 Å². The first-order valence-electron chi connectivity index (χ1n) is 6.00. The number of rotatable bonds is 3. The second-order valence-electron chi connectivity index (χ2n) is 4.31. The molecule has 0 unspecified atom stereocenters. The second-order valence-corrected chi connectivity index (χ2v) is 4.72. The number of nitrogen functional groups attached to an aromatic ring is 1. The van der Waals surface area contributed by atoms with E-state index in [0.29, 0.717) is 5.82 Å². The highest BCUT2D eigenvalue weighted by molar-refractivity contribution is 6.31.